The molecule has 2 aromatic rings. The Balaban J connectivity index is 1.74. The van der Waals surface area contributed by atoms with Crippen molar-refractivity contribution >= 4 is 17.2 Å². The SMILES string of the molecule is CC1=Nc2ccccc2C12Cc1cc3c(cc1C2=O)OCO3. The zero-order valence-corrected chi connectivity index (χ0v) is 12.1. The molecule has 0 bridgehead atoms. The van der Waals surface area contributed by atoms with Gasteiger partial charge in [0.25, 0.3) is 0 Å². The number of Topliss-reactive ketones (excluding diaryl/α,β-unsaturated/α-hetero) is 1. The number of aliphatic imine (C=N–C) groups is 1. The summed E-state index contributed by atoms with van der Waals surface area (Å²) in [6.45, 7) is 2.17. The van der Waals surface area contributed by atoms with Crippen LogP contribution >= 0.6 is 0 Å². The lowest BCUT2D eigenvalue weighted by molar-refractivity contribution is 0.0946. The van der Waals surface area contributed by atoms with E-state index >= 15 is 0 Å². The fraction of sp³-hybridized carbons (Fsp3) is 0.222. The summed E-state index contributed by atoms with van der Waals surface area (Å²) in [5.74, 6) is 1.50. The van der Waals surface area contributed by atoms with Crippen molar-refractivity contribution in [1.29, 1.82) is 0 Å². The molecule has 1 unspecified atom stereocenters. The highest BCUT2D eigenvalue weighted by atomic mass is 16.7. The first-order chi connectivity index (χ1) is 10.7. The normalized spacial score (nSPS) is 23.7. The van der Waals surface area contributed by atoms with Crippen LogP contribution in [0.5, 0.6) is 11.5 Å². The topological polar surface area (TPSA) is 47.9 Å². The molecule has 0 radical (unpaired) electrons. The average Bonchev–Trinajstić information content (AvgIpc) is 3.16. The van der Waals surface area contributed by atoms with Crippen LogP contribution in [0.4, 0.5) is 5.69 Å². The molecule has 108 valence electrons. The Morgan fingerprint density at radius 2 is 1.91 bits per heavy atom. The molecule has 1 spiro atoms. The van der Waals surface area contributed by atoms with Gasteiger partial charge in [0.1, 0.15) is 5.41 Å². The number of benzene rings is 2. The molecule has 4 heteroatoms. The maximum Gasteiger partial charge on any atom is 0.231 e. The number of carbonyl (C=O) groups excluding carboxylic acids is 1. The maximum absolute atomic E-state index is 13.2. The first-order valence-electron chi connectivity index (χ1n) is 7.33. The van der Waals surface area contributed by atoms with Gasteiger partial charge in [-0.2, -0.15) is 0 Å². The van der Waals surface area contributed by atoms with Crippen molar-refractivity contribution in [3.05, 3.63) is 53.1 Å². The van der Waals surface area contributed by atoms with Crippen LogP contribution in [0, 0.1) is 0 Å². The van der Waals surface area contributed by atoms with Gasteiger partial charge in [-0.1, -0.05) is 18.2 Å². The number of rotatable bonds is 0. The largest absolute Gasteiger partial charge is 0.454 e. The van der Waals surface area contributed by atoms with Gasteiger partial charge in [0, 0.05) is 11.3 Å². The van der Waals surface area contributed by atoms with Crippen molar-refractivity contribution < 1.29 is 14.3 Å². The predicted molar refractivity (Wildman–Crippen MR) is 81.5 cm³/mol. The molecule has 0 aromatic heterocycles. The molecule has 2 aliphatic heterocycles. The number of nitrogens with zero attached hydrogens (tertiary/aromatic N) is 1. The van der Waals surface area contributed by atoms with Crippen molar-refractivity contribution in [2.24, 2.45) is 4.99 Å². The van der Waals surface area contributed by atoms with E-state index in [1.165, 1.54) is 0 Å². The number of ketones is 1. The highest BCUT2D eigenvalue weighted by Crippen LogP contribution is 2.50. The molecule has 3 aliphatic rings. The highest BCUT2D eigenvalue weighted by molar-refractivity contribution is 6.26. The zero-order chi connectivity index (χ0) is 14.9. The summed E-state index contributed by atoms with van der Waals surface area (Å²) in [4.78, 5) is 17.8. The van der Waals surface area contributed by atoms with Gasteiger partial charge in [-0.15, -0.1) is 0 Å². The minimum absolute atomic E-state index is 0.118. The molecule has 4 nitrogen and oxygen atoms in total. The van der Waals surface area contributed by atoms with Gasteiger partial charge >= 0.3 is 0 Å². The summed E-state index contributed by atoms with van der Waals surface area (Å²) in [6.07, 6.45) is 0.643. The predicted octanol–water partition coefficient (Wildman–Crippen LogP) is 3.20. The first kappa shape index (κ1) is 12.0. The molecule has 0 fully saturated rings. The van der Waals surface area contributed by atoms with E-state index in [1.54, 1.807) is 0 Å². The van der Waals surface area contributed by atoms with Gasteiger partial charge < -0.3 is 9.47 Å². The lowest BCUT2D eigenvalue weighted by Crippen LogP contribution is -2.37. The second kappa shape index (κ2) is 3.77. The smallest absolute Gasteiger partial charge is 0.231 e. The lowest BCUT2D eigenvalue weighted by atomic mass is 9.74. The molecule has 2 heterocycles. The Morgan fingerprint density at radius 3 is 2.77 bits per heavy atom. The fourth-order valence-electron chi connectivity index (χ4n) is 3.85. The molecule has 0 amide bonds. The molecule has 0 N–H and O–H groups in total. The Hall–Kier alpha value is -2.62. The lowest BCUT2D eigenvalue weighted by Gasteiger charge is -2.23. The van der Waals surface area contributed by atoms with Gasteiger partial charge in [0.05, 0.1) is 5.69 Å². The molecule has 22 heavy (non-hydrogen) atoms. The molecular formula is C18H13NO3. The summed E-state index contributed by atoms with van der Waals surface area (Å²) in [6, 6.07) is 11.7. The Bertz CT molecular complexity index is 884. The monoisotopic (exact) mass is 291 g/mol. The Kier molecular flexibility index (Phi) is 2.05. The third kappa shape index (κ3) is 1.24. The molecular weight excluding hydrogens is 278 g/mol. The van der Waals surface area contributed by atoms with Crippen LogP contribution in [0.25, 0.3) is 0 Å². The van der Waals surface area contributed by atoms with Crippen molar-refractivity contribution in [3.63, 3.8) is 0 Å². The quantitative estimate of drug-likeness (QED) is 0.749. The van der Waals surface area contributed by atoms with E-state index in [2.05, 4.69) is 4.99 Å². The zero-order valence-electron chi connectivity index (χ0n) is 12.1. The third-order valence-electron chi connectivity index (χ3n) is 4.96. The van der Waals surface area contributed by atoms with E-state index < -0.39 is 5.41 Å². The van der Waals surface area contributed by atoms with E-state index in [0.29, 0.717) is 12.2 Å². The average molecular weight is 291 g/mol. The summed E-state index contributed by atoms with van der Waals surface area (Å²) in [7, 11) is 0. The minimum Gasteiger partial charge on any atom is -0.454 e. The van der Waals surface area contributed by atoms with Crippen molar-refractivity contribution in [1.82, 2.24) is 0 Å². The number of fused-ring (bicyclic) bond motifs is 4. The van der Waals surface area contributed by atoms with Gasteiger partial charge in [0.2, 0.25) is 6.79 Å². The number of hydrogen-bond donors (Lipinski definition) is 0. The van der Waals surface area contributed by atoms with E-state index in [-0.39, 0.29) is 12.6 Å². The van der Waals surface area contributed by atoms with Crippen LogP contribution in [0.3, 0.4) is 0 Å². The van der Waals surface area contributed by atoms with Crippen LogP contribution in [-0.2, 0) is 11.8 Å². The Labute approximate surface area is 127 Å². The summed E-state index contributed by atoms with van der Waals surface area (Å²) in [5, 5.41) is 0. The fourth-order valence-corrected chi connectivity index (χ4v) is 3.85. The van der Waals surface area contributed by atoms with Crippen molar-refractivity contribution in [2.75, 3.05) is 6.79 Å². The molecule has 1 aliphatic carbocycles. The molecule has 1 atom stereocenters. The van der Waals surface area contributed by atoms with E-state index in [1.807, 2.05) is 43.3 Å². The highest BCUT2D eigenvalue weighted by Gasteiger charge is 2.53. The maximum atomic E-state index is 13.2. The first-order valence-corrected chi connectivity index (χ1v) is 7.33. The third-order valence-corrected chi connectivity index (χ3v) is 4.96. The number of para-hydroxylation sites is 1. The van der Waals surface area contributed by atoms with Crippen LogP contribution in [0.15, 0.2) is 41.4 Å². The van der Waals surface area contributed by atoms with Gasteiger partial charge in [-0.25, -0.2) is 0 Å². The van der Waals surface area contributed by atoms with Crippen molar-refractivity contribution in [2.45, 2.75) is 18.8 Å². The second-order valence-corrected chi connectivity index (χ2v) is 5.99. The second-order valence-electron chi connectivity index (χ2n) is 5.99. The van der Waals surface area contributed by atoms with Crippen LogP contribution in [-0.4, -0.2) is 18.3 Å². The van der Waals surface area contributed by atoms with Gasteiger partial charge in [-0.3, -0.25) is 9.79 Å². The molecule has 0 saturated heterocycles. The van der Waals surface area contributed by atoms with Crippen LogP contribution in [0.2, 0.25) is 0 Å². The standard InChI is InChI=1S/C18H13NO3/c1-10-18(13-4-2-3-5-14(13)19-10)8-11-6-15-16(22-9-21-15)7-12(11)17(18)20/h2-7H,8-9H2,1H3. The molecule has 2 aromatic carbocycles. The minimum atomic E-state index is -0.645. The molecule has 5 rings (SSSR count). The molecule has 0 saturated carbocycles. The number of carbonyl (C=O) groups is 1. The van der Waals surface area contributed by atoms with E-state index in [0.717, 1.165) is 33.8 Å². The summed E-state index contributed by atoms with van der Waals surface area (Å²) >= 11 is 0. The number of hydrogen-bond acceptors (Lipinski definition) is 4. The van der Waals surface area contributed by atoms with Crippen LogP contribution in [0.1, 0.15) is 28.4 Å². The van der Waals surface area contributed by atoms with Gasteiger partial charge in [0.15, 0.2) is 17.3 Å². The Morgan fingerprint density at radius 1 is 1.14 bits per heavy atom. The van der Waals surface area contributed by atoms with Gasteiger partial charge in [-0.05, 0) is 42.7 Å². The van der Waals surface area contributed by atoms with E-state index in [4.69, 9.17) is 9.47 Å². The van der Waals surface area contributed by atoms with Crippen molar-refractivity contribution in [3.8, 4) is 11.5 Å². The van der Waals surface area contributed by atoms with Crippen LogP contribution < -0.4 is 9.47 Å². The van der Waals surface area contributed by atoms with E-state index in [9.17, 15) is 4.79 Å². The summed E-state index contributed by atoms with van der Waals surface area (Å²) in [5.41, 5.74) is 3.89. The summed E-state index contributed by atoms with van der Waals surface area (Å²) < 4.78 is 10.9. The number of ether oxygens (including phenoxy) is 2.